The fraction of sp³-hybridized carbons (Fsp3) is 0.462. The number of rotatable bonds is 5. The maximum Gasteiger partial charge on any atom is 0.258 e. The van der Waals surface area contributed by atoms with E-state index < -0.39 is 0 Å². The Morgan fingerprint density at radius 2 is 2.42 bits per heavy atom. The standard InChI is InChI=1S/C13H15BrClNO3/c14-11-6-9(15)3-4-12(11)19-8-13(17)16-7-10-2-1-5-18-10/h3-4,6,10H,1-2,5,7-8H2,(H,16,17)/t10-/m1/s1. The summed E-state index contributed by atoms with van der Waals surface area (Å²) in [5.41, 5.74) is 0. The van der Waals surface area contributed by atoms with E-state index in [9.17, 15) is 4.79 Å². The number of hydrogen-bond acceptors (Lipinski definition) is 3. The van der Waals surface area contributed by atoms with Crippen LogP contribution in [0.5, 0.6) is 5.75 Å². The van der Waals surface area contributed by atoms with Crippen LogP contribution >= 0.6 is 27.5 Å². The van der Waals surface area contributed by atoms with E-state index in [2.05, 4.69) is 21.2 Å². The van der Waals surface area contributed by atoms with Gasteiger partial charge in [0, 0.05) is 18.2 Å². The Bertz CT molecular complexity index is 450. The molecule has 1 aromatic rings. The molecule has 1 fully saturated rings. The molecular weight excluding hydrogens is 334 g/mol. The fourth-order valence-electron chi connectivity index (χ4n) is 1.82. The topological polar surface area (TPSA) is 47.6 Å². The third-order valence-electron chi connectivity index (χ3n) is 2.80. The Morgan fingerprint density at radius 3 is 3.11 bits per heavy atom. The molecule has 4 nitrogen and oxygen atoms in total. The first kappa shape index (κ1) is 14.6. The monoisotopic (exact) mass is 347 g/mol. The predicted molar refractivity (Wildman–Crippen MR) is 76.6 cm³/mol. The van der Waals surface area contributed by atoms with Crippen LogP contribution in [0.3, 0.4) is 0 Å². The molecule has 0 aliphatic carbocycles. The van der Waals surface area contributed by atoms with Crippen LogP contribution in [0.25, 0.3) is 0 Å². The Labute approximate surface area is 125 Å². The Balaban J connectivity index is 1.73. The molecule has 0 radical (unpaired) electrons. The number of hydrogen-bond donors (Lipinski definition) is 1. The summed E-state index contributed by atoms with van der Waals surface area (Å²) < 4.78 is 11.6. The number of amides is 1. The third-order valence-corrected chi connectivity index (χ3v) is 3.66. The van der Waals surface area contributed by atoms with Crippen molar-refractivity contribution in [1.29, 1.82) is 0 Å². The van der Waals surface area contributed by atoms with Crippen molar-refractivity contribution in [2.45, 2.75) is 18.9 Å². The zero-order valence-electron chi connectivity index (χ0n) is 10.3. The lowest BCUT2D eigenvalue weighted by Crippen LogP contribution is -2.35. The van der Waals surface area contributed by atoms with Crippen LogP contribution in [0.2, 0.25) is 5.02 Å². The summed E-state index contributed by atoms with van der Waals surface area (Å²) in [6.45, 7) is 1.31. The first-order valence-corrected chi connectivity index (χ1v) is 7.28. The highest BCUT2D eigenvalue weighted by atomic mass is 79.9. The zero-order valence-corrected chi connectivity index (χ0v) is 12.7. The number of ether oxygens (including phenoxy) is 2. The summed E-state index contributed by atoms with van der Waals surface area (Å²) in [4.78, 5) is 11.6. The number of halogens is 2. The predicted octanol–water partition coefficient (Wildman–Crippen LogP) is 2.78. The van der Waals surface area contributed by atoms with E-state index >= 15 is 0 Å². The maximum atomic E-state index is 11.6. The van der Waals surface area contributed by atoms with Gasteiger partial charge in [-0.05, 0) is 47.0 Å². The molecule has 1 heterocycles. The van der Waals surface area contributed by atoms with Crippen LogP contribution in [0, 0.1) is 0 Å². The molecule has 1 aliphatic rings. The number of carbonyl (C=O) groups excluding carboxylic acids is 1. The molecule has 19 heavy (non-hydrogen) atoms. The highest BCUT2D eigenvalue weighted by molar-refractivity contribution is 9.10. The van der Waals surface area contributed by atoms with E-state index in [-0.39, 0.29) is 18.6 Å². The molecule has 2 rings (SSSR count). The highest BCUT2D eigenvalue weighted by Gasteiger charge is 2.16. The Kier molecular flexibility index (Phi) is 5.48. The van der Waals surface area contributed by atoms with Gasteiger partial charge in [-0.3, -0.25) is 4.79 Å². The van der Waals surface area contributed by atoms with Crippen LogP contribution in [0.4, 0.5) is 0 Å². The molecule has 104 valence electrons. The van der Waals surface area contributed by atoms with Crippen molar-refractivity contribution in [2.75, 3.05) is 19.8 Å². The first-order valence-electron chi connectivity index (χ1n) is 6.11. The third kappa shape index (κ3) is 4.67. The maximum absolute atomic E-state index is 11.6. The SMILES string of the molecule is O=C(COc1ccc(Cl)cc1Br)NC[C@H]1CCCO1. The van der Waals surface area contributed by atoms with Crippen molar-refractivity contribution in [1.82, 2.24) is 5.32 Å². The second-order valence-corrected chi connectivity index (χ2v) is 5.59. The van der Waals surface area contributed by atoms with Gasteiger partial charge in [0.2, 0.25) is 0 Å². The zero-order chi connectivity index (χ0) is 13.7. The van der Waals surface area contributed by atoms with E-state index in [0.29, 0.717) is 17.3 Å². The molecule has 0 bridgehead atoms. The molecule has 0 unspecified atom stereocenters. The van der Waals surface area contributed by atoms with Gasteiger partial charge in [-0.25, -0.2) is 0 Å². The smallest absolute Gasteiger partial charge is 0.258 e. The first-order chi connectivity index (χ1) is 9.15. The van der Waals surface area contributed by atoms with E-state index in [0.717, 1.165) is 23.9 Å². The summed E-state index contributed by atoms with van der Waals surface area (Å²) in [7, 11) is 0. The molecule has 1 aromatic carbocycles. The van der Waals surface area contributed by atoms with Crippen LogP contribution < -0.4 is 10.1 Å². The summed E-state index contributed by atoms with van der Waals surface area (Å²) in [5, 5.41) is 3.41. The van der Waals surface area contributed by atoms with Crippen molar-refractivity contribution < 1.29 is 14.3 Å². The average molecular weight is 349 g/mol. The molecule has 6 heteroatoms. The lowest BCUT2D eigenvalue weighted by Gasteiger charge is -2.12. The van der Waals surface area contributed by atoms with E-state index in [4.69, 9.17) is 21.1 Å². The second kappa shape index (κ2) is 7.12. The largest absolute Gasteiger partial charge is 0.483 e. The number of benzene rings is 1. The number of nitrogens with one attached hydrogen (secondary N) is 1. The van der Waals surface area contributed by atoms with Gasteiger partial charge in [0.1, 0.15) is 5.75 Å². The lowest BCUT2D eigenvalue weighted by molar-refractivity contribution is -0.123. The summed E-state index contributed by atoms with van der Waals surface area (Å²) >= 11 is 9.15. The molecule has 0 aromatic heterocycles. The van der Waals surface area contributed by atoms with Gasteiger partial charge in [0.05, 0.1) is 10.6 Å². The van der Waals surface area contributed by atoms with Gasteiger partial charge in [-0.2, -0.15) is 0 Å². The molecule has 1 atom stereocenters. The van der Waals surface area contributed by atoms with E-state index in [1.165, 1.54) is 0 Å². The van der Waals surface area contributed by atoms with Crippen molar-refractivity contribution in [3.05, 3.63) is 27.7 Å². The molecule has 1 saturated heterocycles. The van der Waals surface area contributed by atoms with Crippen molar-refractivity contribution in [3.63, 3.8) is 0 Å². The van der Waals surface area contributed by atoms with Crippen LogP contribution in [-0.2, 0) is 9.53 Å². The molecule has 1 N–H and O–H groups in total. The van der Waals surface area contributed by atoms with Crippen LogP contribution in [0.15, 0.2) is 22.7 Å². The number of carbonyl (C=O) groups is 1. The summed E-state index contributed by atoms with van der Waals surface area (Å²) in [6.07, 6.45) is 2.21. The van der Waals surface area contributed by atoms with Crippen LogP contribution in [0.1, 0.15) is 12.8 Å². The summed E-state index contributed by atoms with van der Waals surface area (Å²) in [5.74, 6) is 0.439. The van der Waals surface area contributed by atoms with Gasteiger partial charge in [-0.1, -0.05) is 11.6 Å². The van der Waals surface area contributed by atoms with Crippen molar-refractivity contribution in [2.24, 2.45) is 0 Å². The summed E-state index contributed by atoms with van der Waals surface area (Å²) in [6, 6.07) is 5.16. The van der Waals surface area contributed by atoms with Gasteiger partial charge in [0.15, 0.2) is 6.61 Å². The fourth-order valence-corrected chi connectivity index (χ4v) is 2.62. The van der Waals surface area contributed by atoms with E-state index in [1.54, 1.807) is 18.2 Å². The molecular formula is C13H15BrClNO3. The van der Waals surface area contributed by atoms with Crippen molar-refractivity contribution in [3.8, 4) is 5.75 Å². The van der Waals surface area contributed by atoms with Gasteiger partial charge in [-0.15, -0.1) is 0 Å². The van der Waals surface area contributed by atoms with Gasteiger partial charge in [0.25, 0.3) is 5.91 Å². The normalized spacial score (nSPS) is 18.3. The second-order valence-electron chi connectivity index (χ2n) is 4.30. The molecule has 0 saturated carbocycles. The Hall–Kier alpha value is -0.780. The quantitative estimate of drug-likeness (QED) is 0.890. The molecule has 0 spiro atoms. The average Bonchev–Trinajstić information content (AvgIpc) is 2.88. The Morgan fingerprint density at radius 1 is 1.58 bits per heavy atom. The minimum atomic E-state index is -0.155. The minimum absolute atomic E-state index is 0.0209. The molecule has 1 aliphatic heterocycles. The highest BCUT2D eigenvalue weighted by Crippen LogP contribution is 2.27. The minimum Gasteiger partial charge on any atom is -0.483 e. The molecule has 1 amide bonds. The lowest BCUT2D eigenvalue weighted by atomic mass is 10.2. The van der Waals surface area contributed by atoms with Crippen molar-refractivity contribution >= 4 is 33.4 Å². The van der Waals surface area contributed by atoms with Gasteiger partial charge < -0.3 is 14.8 Å². The van der Waals surface area contributed by atoms with Crippen LogP contribution in [-0.4, -0.2) is 31.8 Å². The van der Waals surface area contributed by atoms with Gasteiger partial charge >= 0.3 is 0 Å². The van der Waals surface area contributed by atoms with E-state index in [1.807, 2.05) is 0 Å².